The molecular weight excluding hydrogens is 240 g/mol. The maximum absolute atomic E-state index is 9.36. The summed E-state index contributed by atoms with van der Waals surface area (Å²) in [7, 11) is 4.22. The van der Waals surface area contributed by atoms with Gasteiger partial charge in [-0.15, -0.1) is 0 Å². The molecule has 0 amide bonds. The summed E-state index contributed by atoms with van der Waals surface area (Å²) in [6.07, 6.45) is 1.80. The SMILES string of the molecule is CN(C)CCN1CCN(c2ncccc2CO)CC1. The van der Waals surface area contributed by atoms with E-state index in [1.165, 1.54) is 0 Å². The van der Waals surface area contributed by atoms with Gasteiger partial charge in [0.2, 0.25) is 0 Å². The monoisotopic (exact) mass is 264 g/mol. The van der Waals surface area contributed by atoms with Gasteiger partial charge in [-0.1, -0.05) is 6.07 Å². The van der Waals surface area contributed by atoms with Crippen LogP contribution in [0.3, 0.4) is 0 Å². The molecule has 0 aliphatic carbocycles. The molecule has 0 spiro atoms. The van der Waals surface area contributed by atoms with Crippen LogP contribution in [0.25, 0.3) is 0 Å². The van der Waals surface area contributed by atoms with Crippen molar-refractivity contribution in [3.05, 3.63) is 23.9 Å². The molecule has 1 aromatic heterocycles. The largest absolute Gasteiger partial charge is 0.392 e. The summed E-state index contributed by atoms with van der Waals surface area (Å²) < 4.78 is 0. The average Bonchev–Trinajstić information content (AvgIpc) is 2.45. The van der Waals surface area contributed by atoms with Crippen molar-refractivity contribution in [2.24, 2.45) is 0 Å². The van der Waals surface area contributed by atoms with E-state index in [1.54, 1.807) is 6.20 Å². The van der Waals surface area contributed by atoms with Crippen molar-refractivity contribution in [3.8, 4) is 0 Å². The normalized spacial score (nSPS) is 17.2. The minimum absolute atomic E-state index is 0.0595. The second kappa shape index (κ2) is 6.84. The third-order valence-electron chi connectivity index (χ3n) is 3.57. The molecule has 0 radical (unpaired) electrons. The van der Waals surface area contributed by atoms with Gasteiger partial charge in [-0.25, -0.2) is 4.98 Å². The first-order valence-electron chi connectivity index (χ1n) is 6.87. The molecule has 0 unspecified atom stereocenters. The lowest BCUT2D eigenvalue weighted by Crippen LogP contribution is -2.48. The van der Waals surface area contributed by atoms with Crippen LogP contribution < -0.4 is 4.90 Å². The van der Waals surface area contributed by atoms with Crippen molar-refractivity contribution in [3.63, 3.8) is 0 Å². The highest BCUT2D eigenvalue weighted by Gasteiger charge is 2.19. The zero-order chi connectivity index (χ0) is 13.7. The first kappa shape index (κ1) is 14.2. The lowest BCUT2D eigenvalue weighted by atomic mass is 10.2. The molecule has 0 aromatic carbocycles. The van der Waals surface area contributed by atoms with Gasteiger partial charge in [0, 0.05) is 51.0 Å². The molecule has 5 heteroatoms. The van der Waals surface area contributed by atoms with Gasteiger partial charge in [-0.05, 0) is 20.2 Å². The molecule has 19 heavy (non-hydrogen) atoms. The minimum atomic E-state index is 0.0595. The van der Waals surface area contributed by atoms with E-state index in [9.17, 15) is 5.11 Å². The van der Waals surface area contributed by atoms with Crippen LogP contribution in [0, 0.1) is 0 Å². The van der Waals surface area contributed by atoms with Gasteiger partial charge in [0.15, 0.2) is 0 Å². The Hall–Kier alpha value is -1.17. The fraction of sp³-hybridized carbons (Fsp3) is 0.643. The fourth-order valence-electron chi connectivity index (χ4n) is 2.36. The predicted octanol–water partition coefficient (Wildman–Crippen LogP) is 0.258. The summed E-state index contributed by atoms with van der Waals surface area (Å²) in [5.74, 6) is 0.942. The topological polar surface area (TPSA) is 42.8 Å². The summed E-state index contributed by atoms with van der Waals surface area (Å²) >= 11 is 0. The number of hydrogen-bond donors (Lipinski definition) is 1. The van der Waals surface area contributed by atoms with Gasteiger partial charge in [0.05, 0.1) is 6.61 Å². The molecule has 2 rings (SSSR count). The third kappa shape index (κ3) is 3.89. The Labute approximate surface area is 115 Å². The predicted molar refractivity (Wildman–Crippen MR) is 77.4 cm³/mol. The zero-order valence-corrected chi connectivity index (χ0v) is 11.9. The first-order valence-corrected chi connectivity index (χ1v) is 6.87. The minimum Gasteiger partial charge on any atom is -0.392 e. The van der Waals surface area contributed by atoms with Crippen LogP contribution in [0.2, 0.25) is 0 Å². The molecule has 1 N–H and O–H groups in total. The van der Waals surface area contributed by atoms with Crippen LogP contribution in [0.1, 0.15) is 5.56 Å². The summed E-state index contributed by atoms with van der Waals surface area (Å²) in [6.45, 7) is 6.38. The maximum Gasteiger partial charge on any atom is 0.134 e. The first-order chi connectivity index (χ1) is 9.20. The summed E-state index contributed by atoms with van der Waals surface area (Å²) in [4.78, 5) is 11.4. The highest BCUT2D eigenvalue weighted by atomic mass is 16.3. The number of likely N-dealkylation sites (N-methyl/N-ethyl adjacent to an activating group) is 1. The Morgan fingerprint density at radius 1 is 1.26 bits per heavy atom. The van der Waals surface area contributed by atoms with Gasteiger partial charge in [-0.3, -0.25) is 4.90 Å². The Morgan fingerprint density at radius 2 is 2.00 bits per heavy atom. The molecule has 0 saturated carbocycles. The molecule has 106 valence electrons. The van der Waals surface area contributed by atoms with E-state index >= 15 is 0 Å². The number of pyridine rings is 1. The smallest absolute Gasteiger partial charge is 0.134 e. The van der Waals surface area contributed by atoms with Crippen molar-refractivity contribution in [2.45, 2.75) is 6.61 Å². The van der Waals surface area contributed by atoms with E-state index in [0.717, 1.165) is 50.6 Å². The summed E-state index contributed by atoms with van der Waals surface area (Å²) in [5.41, 5.74) is 0.921. The molecule has 1 fully saturated rings. The Balaban J connectivity index is 1.89. The van der Waals surface area contributed by atoms with Crippen molar-refractivity contribution < 1.29 is 5.11 Å². The van der Waals surface area contributed by atoms with Crippen LogP contribution in [0.5, 0.6) is 0 Å². The lowest BCUT2D eigenvalue weighted by molar-refractivity contribution is 0.228. The number of aliphatic hydroxyl groups is 1. The molecule has 1 aliphatic heterocycles. The number of aromatic nitrogens is 1. The van der Waals surface area contributed by atoms with Crippen LogP contribution in [-0.2, 0) is 6.61 Å². The van der Waals surface area contributed by atoms with E-state index in [-0.39, 0.29) is 6.61 Å². The molecule has 2 heterocycles. The van der Waals surface area contributed by atoms with E-state index < -0.39 is 0 Å². The lowest BCUT2D eigenvalue weighted by Gasteiger charge is -2.36. The van der Waals surface area contributed by atoms with E-state index in [0.29, 0.717) is 0 Å². The number of aliphatic hydroxyl groups excluding tert-OH is 1. The third-order valence-corrected chi connectivity index (χ3v) is 3.57. The molecule has 1 saturated heterocycles. The van der Waals surface area contributed by atoms with Gasteiger partial charge in [0.1, 0.15) is 5.82 Å². The summed E-state index contributed by atoms with van der Waals surface area (Å²) in [5, 5.41) is 9.36. The van der Waals surface area contributed by atoms with Gasteiger partial charge >= 0.3 is 0 Å². The van der Waals surface area contributed by atoms with Crippen LogP contribution in [0.4, 0.5) is 5.82 Å². The van der Waals surface area contributed by atoms with Gasteiger partial charge in [0.25, 0.3) is 0 Å². The Bertz CT molecular complexity index is 389. The number of piperazine rings is 1. The average molecular weight is 264 g/mol. The molecular formula is C14H24N4O. The second-order valence-corrected chi connectivity index (χ2v) is 5.28. The quantitative estimate of drug-likeness (QED) is 0.826. The molecule has 0 atom stereocenters. The standard InChI is InChI=1S/C14H24N4O/c1-16(2)6-7-17-8-10-18(11-9-17)14-13(12-19)4-3-5-15-14/h3-5,19H,6-12H2,1-2H3. The number of rotatable bonds is 5. The fourth-order valence-corrected chi connectivity index (χ4v) is 2.36. The zero-order valence-electron chi connectivity index (χ0n) is 11.9. The molecule has 1 aromatic rings. The number of hydrogen-bond acceptors (Lipinski definition) is 5. The molecule has 1 aliphatic rings. The second-order valence-electron chi connectivity index (χ2n) is 5.28. The van der Waals surface area contributed by atoms with Crippen molar-refractivity contribution >= 4 is 5.82 Å². The van der Waals surface area contributed by atoms with Crippen LogP contribution in [-0.4, -0.2) is 73.3 Å². The highest BCUT2D eigenvalue weighted by Crippen LogP contribution is 2.18. The van der Waals surface area contributed by atoms with Crippen molar-refractivity contribution in [1.82, 2.24) is 14.8 Å². The summed E-state index contributed by atoms with van der Waals surface area (Å²) in [6, 6.07) is 3.82. The van der Waals surface area contributed by atoms with Gasteiger partial charge < -0.3 is 14.9 Å². The number of nitrogens with zero attached hydrogens (tertiary/aromatic N) is 4. The molecule has 5 nitrogen and oxygen atoms in total. The van der Waals surface area contributed by atoms with Crippen molar-refractivity contribution in [1.29, 1.82) is 0 Å². The molecule has 0 bridgehead atoms. The van der Waals surface area contributed by atoms with E-state index in [2.05, 4.69) is 33.8 Å². The van der Waals surface area contributed by atoms with Crippen LogP contribution in [0.15, 0.2) is 18.3 Å². The Kier molecular flexibility index (Phi) is 5.13. The van der Waals surface area contributed by atoms with E-state index in [1.807, 2.05) is 12.1 Å². The maximum atomic E-state index is 9.36. The van der Waals surface area contributed by atoms with Gasteiger partial charge in [-0.2, -0.15) is 0 Å². The Morgan fingerprint density at radius 3 is 2.63 bits per heavy atom. The highest BCUT2D eigenvalue weighted by molar-refractivity contribution is 5.46. The van der Waals surface area contributed by atoms with Crippen LogP contribution >= 0.6 is 0 Å². The number of anilines is 1. The van der Waals surface area contributed by atoms with E-state index in [4.69, 9.17) is 0 Å². The van der Waals surface area contributed by atoms with Crippen molar-refractivity contribution in [2.75, 3.05) is 58.3 Å².